The van der Waals surface area contributed by atoms with E-state index in [1.165, 1.54) is 6.07 Å². The summed E-state index contributed by atoms with van der Waals surface area (Å²) in [5.74, 6) is -0.00596. The normalized spacial score (nSPS) is 17.8. The monoisotopic (exact) mass is 475 g/mol. The lowest BCUT2D eigenvalue weighted by Gasteiger charge is -2.22. The van der Waals surface area contributed by atoms with Crippen LogP contribution in [0, 0.1) is 5.92 Å². The molecule has 1 saturated carbocycles. The van der Waals surface area contributed by atoms with Crippen molar-refractivity contribution in [2.24, 2.45) is 5.92 Å². The summed E-state index contributed by atoms with van der Waals surface area (Å²) in [6, 6.07) is 12.0. The number of anilines is 1. The van der Waals surface area contributed by atoms with E-state index in [-0.39, 0.29) is 41.6 Å². The smallest absolute Gasteiger partial charge is 0.240 e. The lowest BCUT2D eigenvalue weighted by atomic mass is 10.1. The number of benzene rings is 2. The quantitative estimate of drug-likeness (QED) is 0.613. The molecule has 0 aromatic heterocycles. The van der Waals surface area contributed by atoms with E-state index in [0.717, 1.165) is 29.7 Å². The molecule has 0 unspecified atom stereocenters. The molecule has 2 amide bonds. The maximum atomic E-state index is 12.7. The van der Waals surface area contributed by atoms with Gasteiger partial charge >= 0.3 is 0 Å². The third-order valence-corrected chi connectivity index (χ3v) is 7.50. The van der Waals surface area contributed by atoms with Crippen LogP contribution in [-0.2, 0) is 32.6 Å². The highest BCUT2D eigenvalue weighted by Gasteiger charge is 2.39. The molecule has 2 aliphatic rings. The van der Waals surface area contributed by atoms with Crippen molar-refractivity contribution >= 4 is 39.1 Å². The Balaban J connectivity index is 1.32. The average molecular weight is 476 g/mol. The molecule has 1 heterocycles. The first-order valence-corrected chi connectivity index (χ1v) is 12.6. The van der Waals surface area contributed by atoms with Gasteiger partial charge in [-0.3, -0.25) is 9.59 Å². The second kappa shape index (κ2) is 9.21. The van der Waals surface area contributed by atoms with Crippen LogP contribution < -0.4 is 14.9 Å². The first-order valence-electron chi connectivity index (χ1n) is 10.7. The van der Waals surface area contributed by atoms with Gasteiger partial charge in [0.15, 0.2) is 0 Å². The molecule has 2 aromatic rings. The Morgan fingerprint density at radius 1 is 1.12 bits per heavy atom. The fourth-order valence-corrected chi connectivity index (χ4v) is 5.12. The number of hydrogen-bond acceptors (Lipinski definition) is 4. The number of fused-ring (bicyclic) bond motifs is 1. The molecular formula is C23H26ClN3O4S. The molecule has 0 saturated heterocycles. The number of hydrogen-bond donors (Lipinski definition) is 2. The van der Waals surface area contributed by atoms with E-state index >= 15 is 0 Å². The first-order chi connectivity index (χ1) is 15.2. The Labute approximate surface area is 193 Å². The zero-order valence-corrected chi connectivity index (χ0v) is 19.4. The van der Waals surface area contributed by atoms with Crippen molar-refractivity contribution in [3.05, 3.63) is 58.6 Å². The highest BCUT2D eigenvalue weighted by molar-refractivity contribution is 7.89. The summed E-state index contributed by atoms with van der Waals surface area (Å²) in [5, 5.41) is 3.38. The van der Waals surface area contributed by atoms with E-state index in [4.69, 9.17) is 11.6 Å². The van der Waals surface area contributed by atoms with Crippen molar-refractivity contribution in [1.82, 2.24) is 10.0 Å². The molecule has 1 fully saturated rings. The van der Waals surface area contributed by atoms with Crippen molar-refractivity contribution in [3.8, 4) is 0 Å². The van der Waals surface area contributed by atoms with Gasteiger partial charge in [0.05, 0.1) is 4.90 Å². The van der Waals surface area contributed by atoms with Crippen LogP contribution in [0.25, 0.3) is 0 Å². The third-order valence-electron chi connectivity index (χ3n) is 5.79. The van der Waals surface area contributed by atoms with Gasteiger partial charge in [-0.05, 0) is 67.6 Å². The highest BCUT2D eigenvalue weighted by Crippen LogP contribution is 2.39. The number of carbonyl (C=O) groups excluding carboxylic acids is 2. The van der Waals surface area contributed by atoms with Crippen molar-refractivity contribution in [3.63, 3.8) is 0 Å². The number of nitrogens with zero attached hydrogens (tertiary/aromatic N) is 1. The Morgan fingerprint density at radius 2 is 1.84 bits per heavy atom. The zero-order chi connectivity index (χ0) is 22.9. The lowest BCUT2D eigenvalue weighted by molar-refractivity contribution is -0.121. The molecule has 1 aliphatic carbocycles. The number of rotatable bonds is 8. The van der Waals surface area contributed by atoms with E-state index in [2.05, 4.69) is 10.0 Å². The largest absolute Gasteiger partial charge is 0.352 e. The molecule has 1 atom stereocenters. The molecule has 170 valence electrons. The Morgan fingerprint density at radius 3 is 2.53 bits per heavy atom. The van der Waals surface area contributed by atoms with Crippen LogP contribution >= 0.6 is 11.6 Å². The average Bonchev–Trinajstić information content (AvgIpc) is 3.54. The van der Waals surface area contributed by atoms with E-state index in [1.54, 1.807) is 24.3 Å². The van der Waals surface area contributed by atoms with Gasteiger partial charge in [0, 0.05) is 42.2 Å². The van der Waals surface area contributed by atoms with Crippen LogP contribution in [0.5, 0.6) is 0 Å². The van der Waals surface area contributed by atoms with Crippen molar-refractivity contribution in [1.29, 1.82) is 0 Å². The van der Waals surface area contributed by atoms with Crippen molar-refractivity contribution in [2.75, 3.05) is 11.4 Å². The number of nitrogens with one attached hydrogen (secondary N) is 2. The molecular weight excluding hydrogens is 450 g/mol. The molecule has 2 aromatic carbocycles. The maximum Gasteiger partial charge on any atom is 0.240 e. The summed E-state index contributed by atoms with van der Waals surface area (Å²) in [5.41, 5.74) is 2.56. The summed E-state index contributed by atoms with van der Waals surface area (Å²) >= 11 is 5.84. The summed E-state index contributed by atoms with van der Waals surface area (Å²) < 4.78 is 27.9. The second-order valence-electron chi connectivity index (χ2n) is 8.38. The summed E-state index contributed by atoms with van der Waals surface area (Å²) in [6.45, 7) is 2.33. The minimum atomic E-state index is -3.76. The fraction of sp³-hybridized carbons (Fsp3) is 0.391. The molecule has 0 spiro atoms. The van der Waals surface area contributed by atoms with Crippen molar-refractivity contribution in [2.45, 2.75) is 50.1 Å². The van der Waals surface area contributed by atoms with Gasteiger partial charge < -0.3 is 10.2 Å². The number of halogens is 1. The van der Waals surface area contributed by atoms with Gasteiger partial charge in [0.25, 0.3) is 0 Å². The number of sulfonamides is 1. The van der Waals surface area contributed by atoms with Gasteiger partial charge in [-0.1, -0.05) is 23.7 Å². The Kier molecular flexibility index (Phi) is 6.55. The van der Waals surface area contributed by atoms with E-state index in [0.29, 0.717) is 18.0 Å². The fourth-order valence-electron chi connectivity index (χ4n) is 3.91. The summed E-state index contributed by atoms with van der Waals surface area (Å²) in [7, 11) is -3.76. The maximum absolute atomic E-state index is 12.7. The molecule has 0 bridgehead atoms. The van der Waals surface area contributed by atoms with Gasteiger partial charge in [0.1, 0.15) is 0 Å². The van der Waals surface area contributed by atoms with Crippen LogP contribution in [0.1, 0.15) is 37.3 Å². The minimum Gasteiger partial charge on any atom is -0.352 e. The lowest BCUT2D eigenvalue weighted by Crippen LogP contribution is -2.36. The molecule has 2 N–H and O–H groups in total. The van der Waals surface area contributed by atoms with E-state index in [9.17, 15) is 18.0 Å². The predicted molar refractivity (Wildman–Crippen MR) is 123 cm³/mol. The van der Waals surface area contributed by atoms with Crippen LogP contribution in [0.4, 0.5) is 5.69 Å². The topological polar surface area (TPSA) is 95.6 Å². The summed E-state index contributed by atoms with van der Waals surface area (Å²) in [6.07, 6.45) is 2.52. The van der Waals surface area contributed by atoms with Crippen LogP contribution in [0.15, 0.2) is 47.4 Å². The molecule has 0 radical (unpaired) electrons. The first kappa shape index (κ1) is 22.8. The molecule has 9 heteroatoms. The van der Waals surface area contributed by atoms with Gasteiger partial charge in [-0.15, -0.1) is 0 Å². The summed E-state index contributed by atoms with van der Waals surface area (Å²) in [4.78, 5) is 26.6. The van der Waals surface area contributed by atoms with Gasteiger partial charge in [0.2, 0.25) is 21.8 Å². The minimum absolute atomic E-state index is 0.00539. The SMILES string of the molecule is C[C@H]1Cc2cc(S(=O)(=O)NCCC(=O)NCc3ccc(Cl)cc3)ccc2N1C(=O)C1CC1. The van der Waals surface area contributed by atoms with E-state index in [1.807, 2.05) is 24.0 Å². The van der Waals surface area contributed by atoms with Gasteiger partial charge in [-0.2, -0.15) is 0 Å². The molecule has 4 rings (SSSR count). The number of amides is 2. The molecule has 7 nitrogen and oxygen atoms in total. The second-order valence-corrected chi connectivity index (χ2v) is 10.6. The third kappa shape index (κ3) is 5.14. The van der Waals surface area contributed by atoms with Crippen LogP contribution in [0.3, 0.4) is 0 Å². The van der Waals surface area contributed by atoms with Crippen LogP contribution in [-0.4, -0.2) is 32.8 Å². The zero-order valence-electron chi connectivity index (χ0n) is 17.8. The molecule has 1 aliphatic heterocycles. The number of carbonyl (C=O) groups is 2. The standard InChI is InChI=1S/C23H26ClN3O4S/c1-15-12-18-13-20(8-9-21(18)27(15)23(29)17-4-5-17)32(30,31)26-11-10-22(28)25-14-16-2-6-19(24)7-3-16/h2-3,6-9,13,15,17,26H,4-5,10-12,14H2,1H3,(H,25,28)/t15-/m0/s1. The Bertz CT molecular complexity index is 1130. The molecule has 32 heavy (non-hydrogen) atoms. The van der Waals surface area contributed by atoms with Gasteiger partial charge in [-0.25, -0.2) is 13.1 Å². The Hall–Kier alpha value is -2.42. The predicted octanol–water partition coefficient (Wildman–Crippen LogP) is 3.01. The van der Waals surface area contributed by atoms with E-state index < -0.39 is 10.0 Å². The van der Waals surface area contributed by atoms with Crippen LogP contribution in [0.2, 0.25) is 5.02 Å². The van der Waals surface area contributed by atoms with Crippen molar-refractivity contribution < 1.29 is 18.0 Å². The highest BCUT2D eigenvalue weighted by atomic mass is 35.5.